The predicted molar refractivity (Wildman–Crippen MR) is 208 cm³/mol. The van der Waals surface area contributed by atoms with Crippen LogP contribution in [0, 0.1) is 5.92 Å². The first-order chi connectivity index (χ1) is 25.3. The molecule has 8 aromatic rings. The van der Waals surface area contributed by atoms with Gasteiger partial charge in [0, 0.05) is 33.7 Å². The van der Waals surface area contributed by atoms with E-state index in [-0.39, 0.29) is 5.92 Å². The van der Waals surface area contributed by atoms with Crippen molar-refractivity contribution in [1.29, 1.82) is 0 Å². The molecule has 4 heteroatoms. The lowest BCUT2D eigenvalue weighted by atomic mass is 9.76. The molecule has 2 aromatic heterocycles. The summed E-state index contributed by atoms with van der Waals surface area (Å²) in [5, 5.41) is 4.34. The van der Waals surface area contributed by atoms with Crippen LogP contribution in [0.4, 0.5) is 0 Å². The van der Waals surface area contributed by atoms with Gasteiger partial charge < -0.3 is 4.42 Å². The van der Waals surface area contributed by atoms with Gasteiger partial charge in [0.05, 0.1) is 0 Å². The smallest absolute Gasteiger partial charge is 0.164 e. The fraction of sp³-hybridized carbons (Fsp3) is 0.0851. The lowest BCUT2D eigenvalue weighted by Crippen LogP contribution is -2.16. The third-order valence-electron chi connectivity index (χ3n) is 10.5. The highest BCUT2D eigenvalue weighted by atomic mass is 16.3. The number of aromatic nitrogens is 3. The minimum atomic E-state index is -0.0421. The number of hydrogen-bond donors (Lipinski definition) is 0. The van der Waals surface area contributed by atoms with E-state index in [4.69, 9.17) is 19.4 Å². The van der Waals surface area contributed by atoms with Crippen LogP contribution in [0.15, 0.2) is 168 Å². The summed E-state index contributed by atoms with van der Waals surface area (Å²) in [7, 11) is 0. The van der Waals surface area contributed by atoms with Crippen molar-refractivity contribution in [1.82, 2.24) is 15.0 Å². The lowest BCUT2D eigenvalue weighted by Gasteiger charge is -2.28. The molecule has 2 aliphatic carbocycles. The van der Waals surface area contributed by atoms with E-state index in [0.717, 1.165) is 62.5 Å². The van der Waals surface area contributed by atoms with Gasteiger partial charge in [-0.1, -0.05) is 152 Å². The molecule has 0 saturated heterocycles. The molecular weight excluding hydrogens is 623 g/mol. The first-order valence-corrected chi connectivity index (χ1v) is 17.6. The number of hydrogen-bond acceptors (Lipinski definition) is 4. The van der Waals surface area contributed by atoms with Crippen molar-refractivity contribution in [2.75, 3.05) is 0 Å². The van der Waals surface area contributed by atoms with Gasteiger partial charge in [0.2, 0.25) is 0 Å². The average Bonchev–Trinajstić information content (AvgIpc) is 3.59. The largest absolute Gasteiger partial charge is 0.456 e. The SMILES string of the molecule is C1=CC(c2nc(-c3cccc4ccccc34)nc(-c3cccc4oc5ccccc5c34)n2)CC(c2ccccc2)=C1C1C=Cc2ccccc2C1. The molecule has 242 valence electrons. The minimum Gasteiger partial charge on any atom is -0.456 e. The monoisotopic (exact) mass is 655 g/mol. The van der Waals surface area contributed by atoms with Gasteiger partial charge in [-0.05, 0) is 63.6 Å². The van der Waals surface area contributed by atoms with Gasteiger partial charge in [0.25, 0.3) is 0 Å². The summed E-state index contributed by atoms with van der Waals surface area (Å²) in [4.78, 5) is 15.8. The van der Waals surface area contributed by atoms with Crippen LogP contribution in [0.2, 0.25) is 0 Å². The van der Waals surface area contributed by atoms with E-state index in [9.17, 15) is 0 Å². The maximum Gasteiger partial charge on any atom is 0.164 e. The maximum atomic E-state index is 6.29. The zero-order valence-corrected chi connectivity index (χ0v) is 27.9. The molecule has 2 heterocycles. The molecule has 0 bridgehead atoms. The predicted octanol–water partition coefficient (Wildman–Crippen LogP) is 11.6. The van der Waals surface area contributed by atoms with Gasteiger partial charge in [-0.15, -0.1) is 0 Å². The number of allylic oxidation sites excluding steroid dienone is 5. The summed E-state index contributed by atoms with van der Waals surface area (Å²) in [5.41, 5.74) is 10.3. The molecule has 0 radical (unpaired) electrons. The second kappa shape index (κ2) is 12.2. The third-order valence-corrected chi connectivity index (χ3v) is 10.5. The molecule has 0 spiro atoms. The Morgan fingerprint density at radius 2 is 1.20 bits per heavy atom. The first-order valence-electron chi connectivity index (χ1n) is 17.6. The van der Waals surface area contributed by atoms with Gasteiger partial charge in [-0.3, -0.25) is 0 Å². The fourth-order valence-corrected chi connectivity index (χ4v) is 7.98. The van der Waals surface area contributed by atoms with Gasteiger partial charge in [0.15, 0.2) is 11.6 Å². The van der Waals surface area contributed by atoms with Crippen LogP contribution < -0.4 is 0 Å². The number of para-hydroxylation sites is 1. The highest BCUT2D eigenvalue weighted by Crippen LogP contribution is 2.43. The van der Waals surface area contributed by atoms with Crippen LogP contribution >= 0.6 is 0 Å². The van der Waals surface area contributed by atoms with E-state index in [1.165, 1.54) is 27.8 Å². The van der Waals surface area contributed by atoms with Crippen molar-refractivity contribution in [3.8, 4) is 22.8 Å². The Morgan fingerprint density at radius 3 is 2.12 bits per heavy atom. The van der Waals surface area contributed by atoms with E-state index in [1.807, 2.05) is 24.3 Å². The second-order valence-electron chi connectivity index (χ2n) is 13.5. The molecule has 0 aliphatic heterocycles. The van der Waals surface area contributed by atoms with Gasteiger partial charge >= 0.3 is 0 Å². The minimum absolute atomic E-state index is 0.0421. The van der Waals surface area contributed by atoms with Gasteiger partial charge in [0.1, 0.15) is 17.0 Å². The molecule has 2 aliphatic rings. The summed E-state index contributed by atoms with van der Waals surface area (Å²) in [5.74, 6) is 2.34. The van der Waals surface area contributed by atoms with E-state index < -0.39 is 0 Å². The number of furan rings is 1. The molecule has 0 N–H and O–H groups in total. The van der Waals surface area contributed by atoms with Gasteiger partial charge in [-0.2, -0.15) is 0 Å². The Labute approximate surface area is 296 Å². The number of nitrogens with zero attached hydrogens (tertiary/aromatic N) is 3. The molecule has 0 fully saturated rings. The van der Waals surface area contributed by atoms with Crippen molar-refractivity contribution < 1.29 is 4.42 Å². The van der Waals surface area contributed by atoms with Crippen molar-refractivity contribution in [2.45, 2.75) is 18.8 Å². The molecule has 4 nitrogen and oxygen atoms in total. The van der Waals surface area contributed by atoms with E-state index in [2.05, 4.69) is 140 Å². The quantitative estimate of drug-likeness (QED) is 0.185. The molecule has 0 saturated carbocycles. The normalized spacial score (nSPS) is 17.0. The zero-order valence-electron chi connectivity index (χ0n) is 27.9. The zero-order chi connectivity index (χ0) is 33.7. The first kappa shape index (κ1) is 29.5. The van der Waals surface area contributed by atoms with Crippen LogP contribution in [0.5, 0.6) is 0 Å². The number of rotatable bonds is 5. The molecule has 10 rings (SSSR count). The summed E-state index contributed by atoms with van der Waals surface area (Å²) in [6, 6.07) is 48.7. The summed E-state index contributed by atoms with van der Waals surface area (Å²) < 4.78 is 6.29. The second-order valence-corrected chi connectivity index (χ2v) is 13.5. The van der Waals surface area contributed by atoms with E-state index >= 15 is 0 Å². The van der Waals surface area contributed by atoms with E-state index in [0.29, 0.717) is 17.6 Å². The van der Waals surface area contributed by atoms with Crippen molar-refractivity contribution in [2.24, 2.45) is 5.92 Å². The van der Waals surface area contributed by atoms with Crippen molar-refractivity contribution in [3.63, 3.8) is 0 Å². The molecule has 2 atom stereocenters. The van der Waals surface area contributed by atoms with Crippen molar-refractivity contribution in [3.05, 3.63) is 186 Å². The fourth-order valence-electron chi connectivity index (χ4n) is 7.98. The van der Waals surface area contributed by atoms with Gasteiger partial charge in [-0.25, -0.2) is 15.0 Å². The van der Waals surface area contributed by atoms with E-state index in [1.54, 1.807) is 0 Å². The van der Waals surface area contributed by atoms with Crippen LogP contribution in [0.1, 0.15) is 34.9 Å². The Balaban J connectivity index is 1.14. The molecule has 6 aromatic carbocycles. The average molecular weight is 656 g/mol. The lowest BCUT2D eigenvalue weighted by molar-refractivity contribution is 0.669. The third kappa shape index (κ3) is 5.19. The van der Waals surface area contributed by atoms with Crippen LogP contribution in [0.25, 0.3) is 67.1 Å². The topological polar surface area (TPSA) is 51.8 Å². The Morgan fingerprint density at radius 1 is 0.510 bits per heavy atom. The standard InChI is InChI=1S/C47H33N3O/c1-2-13-32(14-3-1)41-29-35(26-27-37(41)34-25-24-30-12-4-5-16-33(30)28-34)45-48-46(38-20-10-17-31-15-6-7-18-36(31)38)50-47(49-45)40-21-11-23-43-44(40)39-19-8-9-22-42(39)51-43/h1-27,34-35H,28-29H2. The van der Waals surface area contributed by atoms with Crippen LogP contribution in [-0.2, 0) is 6.42 Å². The maximum absolute atomic E-state index is 6.29. The molecule has 51 heavy (non-hydrogen) atoms. The highest BCUT2D eigenvalue weighted by Gasteiger charge is 2.28. The Kier molecular flexibility index (Phi) is 7.05. The number of fused-ring (bicyclic) bond motifs is 5. The Bertz CT molecular complexity index is 2710. The number of benzene rings is 6. The van der Waals surface area contributed by atoms with Crippen molar-refractivity contribution >= 4 is 44.4 Å². The molecular formula is C47H33N3O. The molecule has 0 amide bonds. The van der Waals surface area contributed by atoms with Crippen LogP contribution in [-0.4, -0.2) is 15.0 Å². The Hall–Kier alpha value is -6.39. The summed E-state index contributed by atoms with van der Waals surface area (Å²) in [6.07, 6.45) is 11.1. The summed E-state index contributed by atoms with van der Waals surface area (Å²) >= 11 is 0. The molecule has 2 unspecified atom stereocenters. The highest BCUT2D eigenvalue weighted by molar-refractivity contribution is 6.11. The summed E-state index contributed by atoms with van der Waals surface area (Å²) in [6.45, 7) is 0. The van der Waals surface area contributed by atoms with Crippen LogP contribution in [0.3, 0.4) is 0 Å².